The summed E-state index contributed by atoms with van der Waals surface area (Å²) in [4.78, 5) is 13.2. The van der Waals surface area contributed by atoms with Gasteiger partial charge in [0, 0.05) is 12.2 Å². The number of aliphatic hydroxyl groups is 1. The number of nitrogens with two attached hydrogens (primary N) is 1. The van der Waals surface area contributed by atoms with Crippen molar-refractivity contribution >= 4 is 17.6 Å². The van der Waals surface area contributed by atoms with Crippen molar-refractivity contribution in [3.05, 3.63) is 88.9 Å². The van der Waals surface area contributed by atoms with E-state index in [0.717, 1.165) is 16.0 Å². The van der Waals surface area contributed by atoms with Gasteiger partial charge in [0.15, 0.2) is 0 Å². The van der Waals surface area contributed by atoms with Crippen molar-refractivity contribution < 1.29 is 14.6 Å². The first-order valence-electron chi connectivity index (χ1n) is 9.94. The first kappa shape index (κ1) is 22.0. The molecule has 3 rings (SSSR count). The van der Waals surface area contributed by atoms with E-state index in [4.69, 9.17) is 10.5 Å². The predicted octanol–water partition coefficient (Wildman–Crippen LogP) is 3.30. The zero-order valence-corrected chi connectivity index (χ0v) is 17.5. The number of amides is 1. The lowest BCUT2D eigenvalue weighted by Gasteiger charge is -2.26. The molecule has 0 radical (unpaired) electrons. The minimum atomic E-state index is -0.806. The van der Waals surface area contributed by atoms with Crippen LogP contribution < -0.4 is 11.1 Å². The average molecular weight is 426 g/mol. The molecule has 7 heteroatoms. The van der Waals surface area contributed by atoms with E-state index in [1.54, 1.807) is 12.3 Å². The summed E-state index contributed by atoms with van der Waals surface area (Å²) in [6.07, 6.45) is 1.79. The number of nitrogens with one attached hydrogen (secondary N) is 1. The molecule has 0 aliphatic rings. The van der Waals surface area contributed by atoms with Gasteiger partial charge >= 0.3 is 6.09 Å². The zero-order valence-electron chi connectivity index (χ0n) is 16.7. The fourth-order valence-corrected chi connectivity index (χ4v) is 3.76. The maximum atomic E-state index is 12.3. The van der Waals surface area contributed by atoms with Crippen LogP contribution >= 0.6 is 11.5 Å². The summed E-state index contributed by atoms with van der Waals surface area (Å²) in [5.41, 5.74) is 8.42. The van der Waals surface area contributed by atoms with Gasteiger partial charge in [-0.2, -0.15) is 0 Å². The van der Waals surface area contributed by atoms with E-state index in [0.29, 0.717) is 19.3 Å². The van der Waals surface area contributed by atoms with E-state index in [9.17, 15) is 9.90 Å². The fraction of sp³-hybridized carbons (Fsp3) is 0.304. The molecule has 3 aromatic rings. The Bertz CT molecular complexity index is 875. The summed E-state index contributed by atoms with van der Waals surface area (Å²) < 4.78 is 9.27. The fourth-order valence-electron chi connectivity index (χ4n) is 3.27. The number of alkyl carbamates (subject to hydrolysis) is 1. The molecule has 3 atom stereocenters. The number of hydrogen-bond donors (Lipinski definition) is 3. The molecule has 0 bridgehead atoms. The minimum Gasteiger partial charge on any atom is -0.444 e. The number of hydrogen-bond acceptors (Lipinski definition) is 6. The Labute approximate surface area is 180 Å². The van der Waals surface area contributed by atoms with Crippen LogP contribution in [0.1, 0.15) is 22.4 Å². The lowest BCUT2D eigenvalue weighted by Crippen LogP contribution is -2.47. The van der Waals surface area contributed by atoms with Crippen molar-refractivity contribution in [2.75, 3.05) is 0 Å². The average Bonchev–Trinajstić information content (AvgIpc) is 3.27. The minimum absolute atomic E-state index is 0.151. The molecule has 0 spiro atoms. The van der Waals surface area contributed by atoms with Gasteiger partial charge in [-0.25, -0.2) is 9.17 Å². The number of carbonyl (C=O) groups is 1. The molecule has 1 heterocycles. The quantitative estimate of drug-likeness (QED) is 0.463. The highest BCUT2D eigenvalue weighted by atomic mass is 32.1. The van der Waals surface area contributed by atoms with Gasteiger partial charge in [0.25, 0.3) is 0 Å². The van der Waals surface area contributed by atoms with Gasteiger partial charge < -0.3 is 20.9 Å². The molecule has 4 N–H and O–H groups in total. The summed E-state index contributed by atoms with van der Waals surface area (Å²) in [6, 6.07) is 20.7. The third-order valence-electron chi connectivity index (χ3n) is 4.79. The largest absolute Gasteiger partial charge is 0.444 e. The maximum Gasteiger partial charge on any atom is 0.407 e. The van der Waals surface area contributed by atoms with Crippen molar-refractivity contribution in [3.8, 4) is 0 Å². The van der Waals surface area contributed by atoms with Crippen LogP contribution in [-0.2, 0) is 24.2 Å². The van der Waals surface area contributed by atoms with Gasteiger partial charge in [-0.1, -0.05) is 60.7 Å². The predicted molar refractivity (Wildman–Crippen MR) is 118 cm³/mol. The summed E-state index contributed by atoms with van der Waals surface area (Å²) in [5.74, 6) is 0. The van der Waals surface area contributed by atoms with Crippen molar-refractivity contribution in [1.82, 2.24) is 9.69 Å². The summed E-state index contributed by atoms with van der Waals surface area (Å²) in [7, 11) is 0. The topological polar surface area (TPSA) is 97.5 Å². The number of aliphatic hydroxyl groups excluding tert-OH is 1. The zero-order chi connectivity index (χ0) is 21.2. The van der Waals surface area contributed by atoms with Crippen LogP contribution in [0.5, 0.6) is 0 Å². The number of nitrogens with zero attached hydrogens (tertiary/aromatic N) is 1. The molecule has 0 aliphatic carbocycles. The molecule has 1 amide bonds. The van der Waals surface area contributed by atoms with Gasteiger partial charge in [-0.05, 0) is 48.0 Å². The lowest BCUT2D eigenvalue weighted by atomic mass is 9.94. The Hall–Kier alpha value is -2.74. The van der Waals surface area contributed by atoms with Crippen LogP contribution in [0.4, 0.5) is 4.79 Å². The molecule has 0 saturated heterocycles. The van der Waals surface area contributed by atoms with Gasteiger partial charge in [0.05, 0.1) is 17.0 Å². The third kappa shape index (κ3) is 7.26. The second-order valence-corrected chi connectivity index (χ2v) is 8.17. The van der Waals surface area contributed by atoms with Crippen LogP contribution in [0, 0.1) is 0 Å². The molecular formula is C23H27N3O3S. The van der Waals surface area contributed by atoms with Crippen LogP contribution in [0.2, 0.25) is 0 Å². The van der Waals surface area contributed by atoms with Crippen molar-refractivity contribution in [3.63, 3.8) is 0 Å². The number of ether oxygens (including phenoxy) is 1. The number of carbonyl (C=O) groups excluding carboxylic acids is 1. The highest BCUT2D eigenvalue weighted by molar-refractivity contribution is 7.05. The first-order valence-corrected chi connectivity index (χ1v) is 10.7. The van der Waals surface area contributed by atoms with Crippen LogP contribution in [0.3, 0.4) is 0 Å². The maximum absolute atomic E-state index is 12.3. The molecule has 1 aromatic heterocycles. The number of aromatic nitrogens is 1. The van der Waals surface area contributed by atoms with Crippen LogP contribution in [0.25, 0.3) is 0 Å². The molecule has 6 nitrogen and oxygen atoms in total. The Kier molecular flexibility index (Phi) is 8.38. The Morgan fingerprint density at radius 1 is 1.03 bits per heavy atom. The summed E-state index contributed by atoms with van der Waals surface area (Å²) in [5, 5.41) is 13.7. The first-order chi connectivity index (χ1) is 14.6. The van der Waals surface area contributed by atoms with Gasteiger partial charge in [0.2, 0.25) is 0 Å². The van der Waals surface area contributed by atoms with E-state index in [1.165, 1.54) is 11.5 Å². The van der Waals surface area contributed by atoms with Gasteiger partial charge in [-0.15, -0.1) is 0 Å². The Morgan fingerprint density at radius 2 is 1.67 bits per heavy atom. The molecule has 0 saturated carbocycles. The molecule has 0 aliphatic heterocycles. The highest BCUT2D eigenvalue weighted by Gasteiger charge is 2.24. The van der Waals surface area contributed by atoms with Gasteiger partial charge in [-0.3, -0.25) is 0 Å². The molecule has 30 heavy (non-hydrogen) atoms. The monoisotopic (exact) mass is 425 g/mol. The lowest BCUT2D eigenvalue weighted by molar-refractivity contribution is 0.0925. The molecule has 0 unspecified atom stereocenters. The van der Waals surface area contributed by atoms with E-state index < -0.39 is 18.2 Å². The summed E-state index contributed by atoms with van der Waals surface area (Å²) in [6.45, 7) is 0.151. The summed E-state index contributed by atoms with van der Waals surface area (Å²) >= 11 is 1.28. The molecule has 158 valence electrons. The second-order valence-electron chi connectivity index (χ2n) is 7.25. The molecular weight excluding hydrogens is 398 g/mol. The second kappa shape index (κ2) is 11.4. The Morgan fingerprint density at radius 3 is 2.27 bits per heavy atom. The third-order valence-corrected chi connectivity index (χ3v) is 5.50. The van der Waals surface area contributed by atoms with E-state index >= 15 is 0 Å². The smallest absolute Gasteiger partial charge is 0.407 e. The normalized spacial score (nSPS) is 13.9. The van der Waals surface area contributed by atoms with Crippen LogP contribution in [0.15, 0.2) is 72.9 Å². The van der Waals surface area contributed by atoms with E-state index in [1.807, 2.05) is 60.7 Å². The van der Waals surface area contributed by atoms with E-state index in [-0.39, 0.29) is 12.6 Å². The number of rotatable bonds is 10. The van der Waals surface area contributed by atoms with Crippen molar-refractivity contribution in [1.29, 1.82) is 0 Å². The van der Waals surface area contributed by atoms with Crippen LogP contribution in [-0.4, -0.2) is 33.8 Å². The Balaban J connectivity index is 1.59. The van der Waals surface area contributed by atoms with Crippen molar-refractivity contribution in [2.45, 2.75) is 44.1 Å². The van der Waals surface area contributed by atoms with Gasteiger partial charge in [0.1, 0.15) is 6.61 Å². The van der Waals surface area contributed by atoms with Crippen molar-refractivity contribution in [2.24, 2.45) is 5.73 Å². The highest BCUT2D eigenvalue weighted by Crippen LogP contribution is 2.13. The standard InChI is InChI=1S/C23H27N3O3S/c24-19(13-17-7-3-1-4-8-17)15-22(27)21(14-18-9-5-2-6-10-18)26-23(28)29-16-20-11-12-25-30-20/h1-12,19,21-22,27H,13-16,24H2,(H,26,28)/t19-,21-,22-/m0/s1. The molecule has 2 aromatic carbocycles. The van der Waals surface area contributed by atoms with E-state index in [2.05, 4.69) is 9.69 Å². The SMILES string of the molecule is N[C@@H](Cc1ccccc1)C[C@H](O)[C@H](Cc1ccccc1)NC(=O)OCc1ccns1. The molecule has 0 fully saturated rings. The number of benzene rings is 2.